The van der Waals surface area contributed by atoms with Gasteiger partial charge in [0.1, 0.15) is 6.04 Å². The molecule has 0 fully saturated rings. The lowest BCUT2D eigenvalue weighted by atomic mass is 10.2. The lowest BCUT2D eigenvalue weighted by Gasteiger charge is -2.11. The van der Waals surface area contributed by atoms with Crippen LogP contribution in [0.1, 0.15) is 19.0 Å². The van der Waals surface area contributed by atoms with E-state index >= 15 is 0 Å². The molecule has 1 amide bonds. The summed E-state index contributed by atoms with van der Waals surface area (Å²) in [6.45, 7) is 1.71. The second kappa shape index (κ2) is 5.85. The Bertz CT molecular complexity index is 365. The molecule has 1 atom stereocenters. The second-order valence-corrected chi connectivity index (χ2v) is 3.36. The van der Waals surface area contributed by atoms with Crippen molar-refractivity contribution in [2.45, 2.75) is 25.8 Å². The molecule has 0 saturated carbocycles. The largest absolute Gasteiger partial charge is 0.480 e. The van der Waals surface area contributed by atoms with Crippen molar-refractivity contribution >= 4 is 11.9 Å². The number of carbonyl (C=O) groups is 2. The van der Waals surface area contributed by atoms with Crippen LogP contribution in [0.15, 0.2) is 24.4 Å². The number of nitrogens with one attached hydrogen (secondary N) is 1. The van der Waals surface area contributed by atoms with Gasteiger partial charge in [-0.1, -0.05) is 13.0 Å². The molecule has 1 heterocycles. The van der Waals surface area contributed by atoms with Crippen LogP contribution in [-0.4, -0.2) is 28.0 Å². The normalized spacial score (nSPS) is 11.8. The molecule has 5 nitrogen and oxygen atoms in total. The van der Waals surface area contributed by atoms with Crippen LogP contribution in [-0.2, 0) is 16.0 Å². The van der Waals surface area contributed by atoms with E-state index in [1.807, 2.05) is 0 Å². The second-order valence-electron chi connectivity index (χ2n) is 3.36. The molecule has 0 aromatic carbocycles. The molecule has 0 radical (unpaired) electrons. The third kappa shape index (κ3) is 3.68. The molecular weight excluding hydrogens is 208 g/mol. The first-order valence-corrected chi connectivity index (χ1v) is 5.05. The van der Waals surface area contributed by atoms with Crippen molar-refractivity contribution in [3.63, 3.8) is 0 Å². The Balaban J connectivity index is 2.50. The third-order valence-electron chi connectivity index (χ3n) is 2.11. The molecule has 16 heavy (non-hydrogen) atoms. The number of aliphatic carboxylic acids is 1. The van der Waals surface area contributed by atoms with Crippen LogP contribution >= 0.6 is 0 Å². The smallest absolute Gasteiger partial charge is 0.326 e. The number of rotatable bonds is 5. The van der Waals surface area contributed by atoms with Crippen molar-refractivity contribution in [1.29, 1.82) is 0 Å². The first kappa shape index (κ1) is 12.2. The standard InChI is InChI=1S/C11H14N2O3/c1-2-9(11(15)16)13-10(14)7-8-5-3-4-6-12-8/h3-6,9H,2,7H2,1H3,(H,13,14)(H,15,16)/t9-/m1/s1. The van der Waals surface area contributed by atoms with E-state index < -0.39 is 12.0 Å². The molecule has 0 aliphatic heterocycles. The maximum Gasteiger partial charge on any atom is 0.326 e. The number of amides is 1. The summed E-state index contributed by atoms with van der Waals surface area (Å²) in [4.78, 5) is 26.1. The summed E-state index contributed by atoms with van der Waals surface area (Å²) in [5.41, 5.74) is 0.625. The van der Waals surface area contributed by atoms with Crippen LogP contribution < -0.4 is 5.32 Å². The average molecular weight is 222 g/mol. The van der Waals surface area contributed by atoms with Gasteiger partial charge in [-0.05, 0) is 18.6 Å². The van der Waals surface area contributed by atoms with Crippen molar-refractivity contribution in [2.24, 2.45) is 0 Å². The molecule has 1 aromatic heterocycles. The van der Waals surface area contributed by atoms with Gasteiger partial charge < -0.3 is 10.4 Å². The van der Waals surface area contributed by atoms with Gasteiger partial charge in [0.25, 0.3) is 0 Å². The van der Waals surface area contributed by atoms with E-state index in [9.17, 15) is 9.59 Å². The molecule has 5 heteroatoms. The van der Waals surface area contributed by atoms with Gasteiger partial charge in [-0.25, -0.2) is 4.79 Å². The van der Waals surface area contributed by atoms with Crippen LogP contribution in [0.25, 0.3) is 0 Å². The number of aromatic nitrogens is 1. The summed E-state index contributed by atoms with van der Waals surface area (Å²) in [6, 6.07) is 4.44. The summed E-state index contributed by atoms with van der Waals surface area (Å²) in [6.07, 6.45) is 2.06. The highest BCUT2D eigenvalue weighted by atomic mass is 16.4. The molecular formula is C11H14N2O3. The SMILES string of the molecule is CC[C@@H](NC(=O)Cc1ccccn1)C(=O)O. The number of carboxylic acids is 1. The van der Waals surface area contributed by atoms with Crippen LogP contribution in [0.5, 0.6) is 0 Å². The minimum atomic E-state index is -1.02. The molecule has 1 aromatic rings. The van der Waals surface area contributed by atoms with E-state index in [0.717, 1.165) is 0 Å². The highest BCUT2D eigenvalue weighted by molar-refractivity contribution is 5.84. The number of nitrogens with zero attached hydrogens (tertiary/aromatic N) is 1. The van der Waals surface area contributed by atoms with Crippen molar-refractivity contribution in [2.75, 3.05) is 0 Å². The molecule has 2 N–H and O–H groups in total. The van der Waals surface area contributed by atoms with Crippen LogP contribution in [0.2, 0.25) is 0 Å². The third-order valence-corrected chi connectivity index (χ3v) is 2.11. The summed E-state index contributed by atoms with van der Waals surface area (Å²) in [7, 11) is 0. The van der Waals surface area contributed by atoms with E-state index in [2.05, 4.69) is 10.3 Å². The number of hydrogen-bond acceptors (Lipinski definition) is 3. The number of pyridine rings is 1. The fourth-order valence-corrected chi connectivity index (χ4v) is 1.25. The van der Waals surface area contributed by atoms with Gasteiger partial charge in [-0.15, -0.1) is 0 Å². The fraction of sp³-hybridized carbons (Fsp3) is 0.364. The number of carboxylic acid groups (broad SMARTS) is 1. The first-order chi connectivity index (χ1) is 7.63. The molecule has 86 valence electrons. The highest BCUT2D eigenvalue weighted by Crippen LogP contribution is 1.97. The Kier molecular flexibility index (Phi) is 4.44. The highest BCUT2D eigenvalue weighted by Gasteiger charge is 2.17. The van der Waals surface area contributed by atoms with Gasteiger partial charge in [0.2, 0.25) is 5.91 Å². The van der Waals surface area contributed by atoms with E-state index in [4.69, 9.17) is 5.11 Å². The lowest BCUT2D eigenvalue weighted by Crippen LogP contribution is -2.41. The molecule has 1 rings (SSSR count). The topological polar surface area (TPSA) is 79.3 Å². The minimum absolute atomic E-state index is 0.102. The Morgan fingerprint density at radius 3 is 2.75 bits per heavy atom. The van der Waals surface area contributed by atoms with Gasteiger partial charge in [0.15, 0.2) is 0 Å². The summed E-state index contributed by atoms with van der Waals surface area (Å²) in [5.74, 6) is -1.34. The van der Waals surface area contributed by atoms with E-state index in [0.29, 0.717) is 12.1 Å². The van der Waals surface area contributed by atoms with E-state index in [-0.39, 0.29) is 12.3 Å². The number of carbonyl (C=O) groups excluding carboxylic acids is 1. The predicted molar refractivity (Wildman–Crippen MR) is 57.8 cm³/mol. The zero-order valence-corrected chi connectivity index (χ0v) is 9.01. The molecule has 0 unspecified atom stereocenters. The molecule has 0 spiro atoms. The molecule has 0 aliphatic rings. The lowest BCUT2D eigenvalue weighted by molar-refractivity contribution is -0.141. The molecule has 0 saturated heterocycles. The molecule has 0 aliphatic carbocycles. The van der Waals surface area contributed by atoms with Crippen molar-refractivity contribution in [1.82, 2.24) is 10.3 Å². The predicted octanol–water partition coefficient (Wildman–Crippen LogP) is 0.603. The van der Waals surface area contributed by atoms with E-state index in [1.165, 1.54) is 0 Å². The Labute approximate surface area is 93.5 Å². The van der Waals surface area contributed by atoms with Gasteiger partial charge in [0, 0.05) is 11.9 Å². The van der Waals surface area contributed by atoms with Gasteiger partial charge in [-0.3, -0.25) is 9.78 Å². The fourth-order valence-electron chi connectivity index (χ4n) is 1.25. The maximum absolute atomic E-state index is 11.5. The summed E-state index contributed by atoms with van der Waals surface area (Å²) < 4.78 is 0. The molecule has 0 bridgehead atoms. The van der Waals surface area contributed by atoms with E-state index in [1.54, 1.807) is 31.3 Å². The van der Waals surface area contributed by atoms with Crippen LogP contribution in [0.3, 0.4) is 0 Å². The van der Waals surface area contributed by atoms with Crippen molar-refractivity contribution in [3.05, 3.63) is 30.1 Å². The Morgan fingerprint density at radius 1 is 1.50 bits per heavy atom. The van der Waals surface area contributed by atoms with Gasteiger partial charge >= 0.3 is 5.97 Å². The van der Waals surface area contributed by atoms with Gasteiger partial charge in [-0.2, -0.15) is 0 Å². The van der Waals surface area contributed by atoms with Crippen LogP contribution in [0.4, 0.5) is 0 Å². The number of hydrogen-bond donors (Lipinski definition) is 2. The minimum Gasteiger partial charge on any atom is -0.480 e. The van der Waals surface area contributed by atoms with Crippen LogP contribution in [0, 0.1) is 0 Å². The first-order valence-electron chi connectivity index (χ1n) is 5.05. The zero-order chi connectivity index (χ0) is 12.0. The van der Waals surface area contributed by atoms with Crippen molar-refractivity contribution < 1.29 is 14.7 Å². The Morgan fingerprint density at radius 2 is 2.25 bits per heavy atom. The van der Waals surface area contributed by atoms with Crippen molar-refractivity contribution in [3.8, 4) is 0 Å². The summed E-state index contributed by atoms with van der Waals surface area (Å²) >= 11 is 0. The Hall–Kier alpha value is -1.91. The maximum atomic E-state index is 11.5. The van der Waals surface area contributed by atoms with Gasteiger partial charge in [0.05, 0.1) is 6.42 Å². The quantitative estimate of drug-likeness (QED) is 0.764. The monoisotopic (exact) mass is 222 g/mol. The summed E-state index contributed by atoms with van der Waals surface area (Å²) in [5, 5.41) is 11.2. The zero-order valence-electron chi connectivity index (χ0n) is 9.01. The average Bonchev–Trinajstić information content (AvgIpc) is 2.27.